The first-order valence-corrected chi connectivity index (χ1v) is 7.11. The lowest BCUT2D eigenvalue weighted by Crippen LogP contribution is -2.06. The Morgan fingerprint density at radius 1 is 1.42 bits per heavy atom. The molecular weight excluding hydrogens is 306 g/mol. The molecule has 2 rings (SSSR count). The van der Waals surface area contributed by atoms with Crippen molar-refractivity contribution in [2.45, 2.75) is 26.8 Å². The van der Waals surface area contributed by atoms with Gasteiger partial charge in [-0.1, -0.05) is 19.1 Å². The maximum atomic E-state index is 5.99. The molecule has 2 N–H and O–H groups in total. The fourth-order valence-corrected chi connectivity index (χ4v) is 2.11. The predicted octanol–water partition coefficient (Wildman–Crippen LogP) is 3.37. The van der Waals surface area contributed by atoms with Crippen LogP contribution in [0.15, 0.2) is 28.7 Å². The topological polar surface area (TPSA) is 53.1 Å². The molecule has 0 radical (unpaired) electrons. The van der Waals surface area contributed by atoms with Crippen LogP contribution in [0.4, 0.5) is 5.82 Å². The average Bonchev–Trinajstić information content (AvgIpc) is 2.64. The summed E-state index contributed by atoms with van der Waals surface area (Å²) in [7, 11) is 0. The number of halogens is 1. The Morgan fingerprint density at radius 3 is 2.84 bits per heavy atom. The van der Waals surface area contributed by atoms with Crippen LogP contribution in [0, 0.1) is 6.92 Å². The molecule has 0 unspecified atom stereocenters. The van der Waals surface area contributed by atoms with Crippen molar-refractivity contribution in [3.63, 3.8) is 0 Å². The molecule has 0 aliphatic heterocycles. The Balaban J connectivity index is 2.16. The highest BCUT2D eigenvalue weighted by molar-refractivity contribution is 9.10. The molecule has 0 atom stereocenters. The van der Waals surface area contributed by atoms with Gasteiger partial charge in [0, 0.05) is 0 Å². The third-order valence-corrected chi connectivity index (χ3v) is 3.78. The molecule has 1 aromatic carbocycles. The monoisotopic (exact) mass is 323 g/mol. The summed E-state index contributed by atoms with van der Waals surface area (Å²) in [6.45, 7) is 5.39. The largest absolute Gasteiger partial charge is 0.494 e. The van der Waals surface area contributed by atoms with E-state index in [4.69, 9.17) is 10.5 Å². The molecule has 0 fully saturated rings. The van der Waals surface area contributed by atoms with Gasteiger partial charge in [0.2, 0.25) is 0 Å². The summed E-state index contributed by atoms with van der Waals surface area (Å²) < 4.78 is 8.28. The second-order valence-electron chi connectivity index (χ2n) is 4.44. The second-order valence-corrected chi connectivity index (χ2v) is 5.23. The molecule has 0 aliphatic rings. The Hall–Kier alpha value is -1.49. The molecular formula is C14H18BrN3O. The van der Waals surface area contributed by atoms with Crippen molar-refractivity contribution in [1.82, 2.24) is 9.78 Å². The smallest absolute Gasteiger partial charge is 0.136 e. The lowest BCUT2D eigenvalue weighted by Gasteiger charge is -2.08. The third kappa shape index (κ3) is 3.29. The standard InChI is InChI=1S/C14H18BrN3O/c1-3-7-19-12-6-4-5-11(8-12)9-18-14(16)13(15)10(2)17-18/h4-6,8H,3,7,9,16H2,1-2H3. The molecule has 1 aromatic heterocycles. The first kappa shape index (κ1) is 13.9. The molecule has 0 aliphatic carbocycles. The summed E-state index contributed by atoms with van der Waals surface area (Å²) in [6, 6.07) is 8.03. The van der Waals surface area contributed by atoms with Crippen molar-refractivity contribution in [3.05, 3.63) is 40.0 Å². The highest BCUT2D eigenvalue weighted by atomic mass is 79.9. The van der Waals surface area contributed by atoms with Crippen molar-refractivity contribution in [2.75, 3.05) is 12.3 Å². The van der Waals surface area contributed by atoms with Crippen LogP contribution in [0.25, 0.3) is 0 Å². The summed E-state index contributed by atoms with van der Waals surface area (Å²) in [6.07, 6.45) is 1.00. The molecule has 0 saturated carbocycles. The quantitative estimate of drug-likeness (QED) is 0.917. The maximum Gasteiger partial charge on any atom is 0.136 e. The van der Waals surface area contributed by atoms with E-state index in [0.717, 1.165) is 34.5 Å². The van der Waals surface area contributed by atoms with E-state index in [1.165, 1.54) is 0 Å². The number of benzene rings is 1. The fourth-order valence-electron chi connectivity index (χ4n) is 1.82. The van der Waals surface area contributed by atoms with Gasteiger partial charge in [0.1, 0.15) is 11.6 Å². The van der Waals surface area contributed by atoms with E-state index in [-0.39, 0.29) is 0 Å². The van der Waals surface area contributed by atoms with Crippen LogP contribution in [0.5, 0.6) is 5.75 Å². The normalized spacial score (nSPS) is 10.7. The van der Waals surface area contributed by atoms with Gasteiger partial charge in [-0.25, -0.2) is 4.68 Å². The summed E-state index contributed by atoms with van der Waals surface area (Å²) in [5.74, 6) is 1.54. The Morgan fingerprint density at radius 2 is 2.21 bits per heavy atom. The van der Waals surface area contributed by atoms with Crippen LogP contribution < -0.4 is 10.5 Å². The molecule has 1 heterocycles. The number of nitrogens with zero attached hydrogens (tertiary/aromatic N) is 2. The highest BCUT2D eigenvalue weighted by Gasteiger charge is 2.10. The van der Waals surface area contributed by atoms with Gasteiger partial charge in [-0.3, -0.25) is 0 Å². The zero-order valence-electron chi connectivity index (χ0n) is 11.2. The van der Waals surface area contributed by atoms with E-state index in [2.05, 4.69) is 28.0 Å². The summed E-state index contributed by atoms with van der Waals surface area (Å²) in [5.41, 5.74) is 8.01. The van der Waals surface area contributed by atoms with E-state index >= 15 is 0 Å². The first-order chi connectivity index (χ1) is 9.11. The van der Waals surface area contributed by atoms with E-state index < -0.39 is 0 Å². The van der Waals surface area contributed by atoms with Crippen LogP contribution in [0.3, 0.4) is 0 Å². The van der Waals surface area contributed by atoms with Crippen molar-refractivity contribution >= 4 is 21.7 Å². The second kappa shape index (κ2) is 6.10. The van der Waals surface area contributed by atoms with Crippen LogP contribution >= 0.6 is 15.9 Å². The minimum atomic E-state index is 0.640. The minimum Gasteiger partial charge on any atom is -0.494 e. The number of aromatic nitrogens is 2. The van der Waals surface area contributed by atoms with Crippen molar-refractivity contribution in [1.29, 1.82) is 0 Å². The minimum absolute atomic E-state index is 0.640. The molecule has 4 nitrogen and oxygen atoms in total. The van der Waals surface area contributed by atoms with Crippen LogP contribution in [0.1, 0.15) is 24.6 Å². The van der Waals surface area contributed by atoms with Crippen molar-refractivity contribution < 1.29 is 4.74 Å². The van der Waals surface area contributed by atoms with Gasteiger partial charge >= 0.3 is 0 Å². The number of nitrogen functional groups attached to an aromatic ring is 1. The summed E-state index contributed by atoms with van der Waals surface area (Å²) >= 11 is 3.43. The molecule has 19 heavy (non-hydrogen) atoms. The Labute approximate surface area is 121 Å². The number of aryl methyl sites for hydroxylation is 1. The van der Waals surface area contributed by atoms with E-state index in [0.29, 0.717) is 12.4 Å². The van der Waals surface area contributed by atoms with Gasteiger partial charge in [-0.2, -0.15) is 5.10 Å². The zero-order chi connectivity index (χ0) is 13.8. The molecule has 0 spiro atoms. The number of anilines is 1. The lowest BCUT2D eigenvalue weighted by atomic mass is 10.2. The third-order valence-electron chi connectivity index (χ3n) is 2.79. The van der Waals surface area contributed by atoms with Crippen molar-refractivity contribution in [2.24, 2.45) is 0 Å². The Kier molecular flexibility index (Phi) is 4.47. The summed E-state index contributed by atoms with van der Waals surface area (Å²) in [4.78, 5) is 0. The molecule has 2 aromatic rings. The van der Waals surface area contributed by atoms with Gasteiger partial charge in [-0.15, -0.1) is 0 Å². The van der Waals surface area contributed by atoms with E-state index in [1.807, 2.05) is 31.2 Å². The number of rotatable bonds is 5. The molecule has 0 amide bonds. The van der Waals surface area contributed by atoms with Crippen LogP contribution in [0.2, 0.25) is 0 Å². The Bertz CT molecular complexity index is 566. The molecule has 0 bridgehead atoms. The van der Waals surface area contributed by atoms with Crippen molar-refractivity contribution in [3.8, 4) is 5.75 Å². The SMILES string of the molecule is CCCOc1cccc(Cn2nc(C)c(Br)c2N)c1. The van der Waals surface area contributed by atoms with E-state index in [1.54, 1.807) is 4.68 Å². The van der Waals surface area contributed by atoms with E-state index in [9.17, 15) is 0 Å². The predicted molar refractivity (Wildman–Crippen MR) is 80.4 cm³/mol. The van der Waals surface area contributed by atoms with Gasteiger partial charge in [0.15, 0.2) is 0 Å². The molecule has 102 valence electrons. The zero-order valence-corrected chi connectivity index (χ0v) is 12.8. The summed E-state index contributed by atoms with van der Waals surface area (Å²) in [5, 5.41) is 4.40. The number of hydrogen-bond donors (Lipinski definition) is 1. The first-order valence-electron chi connectivity index (χ1n) is 6.32. The average molecular weight is 324 g/mol. The number of hydrogen-bond acceptors (Lipinski definition) is 3. The number of nitrogens with two attached hydrogens (primary N) is 1. The van der Waals surface area contributed by atoms with Gasteiger partial charge in [-0.05, 0) is 47.0 Å². The maximum absolute atomic E-state index is 5.99. The highest BCUT2D eigenvalue weighted by Crippen LogP contribution is 2.24. The van der Waals surface area contributed by atoms with Gasteiger partial charge in [0.05, 0.1) is 23.3 Å². The van der Waals surface area contributed by atoms with Crippen LogP contribution in [-0.4, -0.2) is 16.4 Å². The molecule has 0 saturated heterocycles. The van der Waals surface area contributed by atoms with Gasteiger partial charge < -0.3 is 10.5 Å². The molecule has 5 heteroatoms. The number of ether oxygens (including phenoxy) is 1. The lowest BCUT2D eigenvalue weighted by molar-refractivity contribution is 0.317. The fraction of sp³-hybridized carbons (Fsp3) is 0.357. The van der Waals surface area contributed by atoms with Crippen LogP contribution in [-0.2, 0) is 6.54 Å². The van der Waals surface area contributed by atoms with Gasteiger partial charge in [0.25, 0.3) is 0 Å².